The molecule has 1 aromatic heterocycles. The van der Waals surface area contributed by atoms with E-state index in [0.717, 1.165) is 30.4 Å². The first kappa shape index (κ1) is 16.7. The molecular weight excluding hydrogens is 344 g/mol. The molecule has 1 N–H and O–H groups in total. The number of halogens is 1. The van der Waals surface area contributed by atoms with Gasteiger partial charge < -0.3 is 10.2 Å². The van der Waals surface area contributed by atoms with Crippen LogP contribution in [0.2, 0.25) is 0 Å². The Morgan fingerprint density at radius 2 is 1.95 bits per heavy atom. The summed E-state index contributed by atoms with van der Waals surface area (Å²) >= 11 is 5.34. The normalized spacial score (nSPS) is 12.8. The number of hydrogen-bond acceptors (Lipinski definition) is 3. The highest BCUT2D eigenvalue weighted by atomic mass is 79.9. The first-order chi connectivity index (χ1) is 10.2. The molecule has 0 aliphatic heterocycles. The Labute approximate surface area is 140 Å². The van der Waals surface area contributed by atoms with E-state index in [-0.39, 0.29) is 0 Å². The molecule has 1 atom stereocenters. The van der Waals surface area contributed by atoms with Crippen LogP contribution in [0.1, 0.15) is 22.9 Å². The highest BCUT2D eigenvalue weighted by Crippen LogP contribution is 2.19. The summed E-state index contributed by atoms with van der Waals surface area (Å²) in [5, 5.41) is 5.58. The molecule has 0 saturated heterocycles. The molecule has 2 rings (SSSR count). The van der Waals surface area contributed by atoms with Crippen molar-refractivity contribution < 1.29 is 0 Å². The van der Waals surface area contributed by atoms with Gasteiger partial charge in [0.25, 0.3) is 0 Å². The van der Waals surface area contributed by atoms with Crippen LogP contribution in [-0.4, -0.2) is 32.1 Å². The maximum atomic E-state index is 3.49. The molecule has 0 aliphatic carbocycles. The maximum Gasteiger partial charge on any atom is 0.0329 e. The fraction of sp³-hybridized carbons (Fsp3) is 0.412. The van der Waals surface area contributed by atoms with Crippen LogP contribution < -0.4 is 5.32 Å². The van der Waals surface area contributed by atoms with Crippen LogP contribution in [0.15, 0.2) is 46.3 Å². The highest BCUT2D eigenvalue weighted by molar-refractivity contribution is 9.10. The lowest BCUT2D eigenvalue weighted by atomic mass is 10.0. The van der Waals surface area contributed by atoms with Crippen molar-refractivity contribution >= 4 is 27.3 Å². The molecule has 4 heteroatoms. The summed E-state index contributed by atoms with van der Waals surface area (Å²) in [5.74, 6) is 0. The van der Waals surface area contributed by atoms with E-state index in [0.29, 0.717) is 6.04 Å². The first-order valence-corrected chi connectivity index (χ1v) is 9.00. The highest BCUT2D eigenvalue weighted by Gasteiger charge is 2.10. The third kappa shape index (κ3) is 5.55. The fourth-order valence-corrected chi connectivity index (χ4v) is 3.35. The van der Waals surface area contributed by atoms with Crippen LogP contribution >= 0.6 is 27.3 Å². The average Bonchev–Trinajstić information content (AvgIpc) is 3.01. The smallest absolute Gasteiger partial charge is 0.0329 e. The topological polar surface area (TPSA) is 15.3 Å². The summed E-state index contributed by atoms with van der Waals surface area (Å²) in [6.07, 6.45) is 2.27. The number of benzene rings is 1. The van der Waals surface area contributed by atoms with Gasteiger partial charge in [-0.2, -0.15) is 0 Å². The molecule has 1 heterocycles. The van der Waals surface area contributed by atoms with Crippen molar-refractivity contribution in [2.45, 2.75) is 18.9 Å². The van der Waals surface area contributed by atoms with Gasteiger partial charge in [-0.15, -0.1) is 11.3 Å². The van der Waals surface area contributed by atoms with E-state index < -0.39 is 0 Å². The Kier molecular flexibility index (Phi) is 6.90. The van der Waals surface area contributed by atoms with Crippen LogP contribution in [-0.2, 0) is 6.42 Å². The molecule has 0 bridgehead atoms. The number of nitrogens with zero attached hydrogens (tertiary/aromatic N) is 1. The summed E-state index contributed by atoms with van der Waals surface area (Å²) in [6, 6.07) is 13.4. The van der Waals surface area contributed by atoms with E-state index in [1.54, 1.807) is 0 Å². The van der Waals surface area contributed by atoms with Gasteiger partial charge in [-0.3, -0.25) is 0 Å². The van der Waals surface area contributed by atoms with Crippen molar-refractivity contribution in [2.75, 3.05) is 27.2 Å². The van der Waals surface area contributed by atoms with Crippen molar-refractivity contribution in [3.8, 4) is 0 Å². The van der Waals surface area contributed by atoms with E-state index >= 15 is 0 Å². The summed E-state index contributed by atoms with van der Waals surface area (Å²) in [7, 11) is 4.25. The van der Waals surface area contributed by atoms with Gasteiger partial charge in [0.1, 0.15) is 0 Å². The molecule has 0 fully saturated rings. The van der Waals surface area contributed by atoms with Crippen LogP contribution in [0, 0.1) is 0 Å². The van der Waals surface area contributed by atoms with Crippen molar-refractivity contribution in [1.29, 1.82) is 0 Å². The van der Waals surface area contributed by atoms with Gasteiger partial charge in [0.2, 0.25) is 0 Å². The van der Waals surface area contributed by atoms with Gasteiger partial charge in [-0.25, -0.2) is 0 Å². The molecule has 2 aromatic rings. The molecule has 2 nitrogen and oxygen atoms in total. The lowest BCUT2D eigenvalue weighted by Gasteiger charge is -2.21. The Balaban J connectivity index is 1.78. The fourth-order valence-electron chi connectivity index (χ4n) is 2.39. The summed E-state index contributed by atoms with van der Waals surface area (Å²) < 4.78 is 1.13. The Morgan fingerprint density at radius 3 is 2.57 bits per heavy atom. The summed E-state index contributed by atoms with van der Waals surface area (Å²) in [5.41, 5.74) is 1.35. The molecule has 0 radical (unpaired) electrons. The van der Waals surface area contributed by atoms with Gasteiger partial charge in [-0.1, -0.05) is 34.1 Å². The van der Waals surface area contributed by atoms with E-state index in [1.807, 2.05) is 18.4 Å². The van der Waals surface area contributed by atoms with Gasteiger partial charge in [-0.05, 0) is 62.6 Å². The summed E-state index contributed by atoms with van der Waals surface area (Å²) in [6.45, 7) is 2.23. The molecule has 0 aliphatic rings. The van der Waals surface area contributed by atoms with Gasteiger partial charge in [0, 0.05) is 21.9 Å². The molecule has 0 amide bonds. The number of rotatable bonds is 8. The molecule has 0 saturated carbocycles. The summed E-state index contributed by atoms with van der Waals surface area (Å²) in [4.78, 5) is 3.89. The van der Waals surface area contributed by atoms with E-state index in [1.165, 1.54) is 10.4 Å². The zero-order valence-electron chi connectivity index (χ0n) is 12.7. The zero-order chi connectivity index (χ0) is 15.1. The second-order valence-electron chi connectivity index (χ2n) is 5.31. The third-order valence-electron chi connectivity index (χ3n) is 3.74. The Bertz CT molecular complexity index is 510. The SMILES string of the molecule is CNC(CCN(C)CCc1cccs1)c1ccc(Br)cc1. The quantitative estimate of drug-likeness (QED) is 0.747. The van der Waals surface area contributed by atoms with Crippen LogP contribution in [0.3, 0.4) is 0 Å². The Hall–Kier alpha value is -0.680. The monoisotopic (exact) mass is 366 g/mol. The molecule has 1 aromatic carbocycles. The van der Waals surface area contributed by atoms with Gasteiger partial charge in [0.05, 0.1) is 0 Å². The second-order valence-corrected chi connectivity index (χ2v) is 7.26. The lowest BCUT2D eigenvalue weighted by Crippen LogP contribution is -2.27. The van der Waals surface area contributed by atoms with Gasteiger partial charge in [0.15, 0.2) is 0 Å². The Morgan fingerprint density at radius 1 is 1.19 bits per heavy atom. The predicted octanol–water partition coefficient (Wildman–Crippen LogP) is 4.34. The lowest BCUT2D eigenvalue weighted by molar-refractivity contribution is 0.315. The van der Waals surface area contributed by atoms with Crippen molar-refractivity contribution in [2.24, 2.45) is 0 Å². The molecular formula is C17H23BrN2S. The van der Waals surface area contributed by atoms with Crippen molar-refractivity contribution in [1.82, 2.24) is 10.2 Å². The maximum absolute atomic E-state index is 3.49. The molecule has 114 valence electrons. The number of hydrogen-bond donors (Lipinski definition) is 1. The zero-order valence-corrected chi connectivity index (χ0v) is 15.1. The minimum Gasteiger partial charge on any atom is -0.313 e. The number of likely N-dealkylation sites (N-methyl/N-ethyl adjacent to an activating group) is 1. The van der Waals surface area contributed by atoms with Gasteiger partial charge >= 0.3 is 0 Å². The molecule has 0 spiro atoms. The minimum atomic E-state index is 0.419. The largest absolute Gasteiger partial charge is 0.313 e. The molecule has 21 heavy (non-hydrogen) atoms. The minimum absolute atomic E-state index is 0.419. The standard InChI is InChI=1S/C17H23BrN2S/c1-19-17(14-5-7-15(18)8-6-14)10-12-20(2)11-9-16-4-3-13-21-16/h3-8,13,17,19H,9-12H2,1-2H3. The van der Waals surface area contributed by atoms with E-state index in [2.05, 4.69) is 75.0 Å². The van der Waals surface area contributed by atoms with Crippen molar-refractivity contribution in [3.05, 3.63) is 56.7 Å². The average molecular weight is 367 g/mol. The van der Waals surface area contributed by atoms with Crippen LogP contribution in [0.4, 0.5) is 0 Å². The first-order valence-electron chi connectivity index (χ1n) is 7.32. The predicted molar refractivity (Wildman–Crippen MR) is 96.1 cm³/mol. The second kappa shape index (κ2) is 8.69. The van der Waals surface area contributed by atoms with Crippen LogP contribution in [0.25, 0.3) is 0 Å². The van der Waals surface area contributed by atoms with E-state index in [9.17, 15) is 0 Å². The third-order valence-corrected chi connectivity index (χ3v) is 5.21. The van der Waals surface area contributed by atoms with Crippen molar-refractivity contribution in [3.63, 3.8) is 0 Å². The number of thiophene rings is 1. The molecule has 1 unspecified atom stereocenters. The van der Waals surface area contributed by atoms with Crippen LogP contribution in [0.5, 0.6) is 0 Å². The number of nitrogens with one attached hydrogen (secondary N) is 1. The van der Waals surface area contributed by atoms with E-state index in [4.69, 9.17) is 0 Å².